The van der Waals surface area contributed by atoms with Crippen molar-refractivity contribution in [2.24, 2.45) is 0 Å². The highest BCUT2D eigenvalue weighted by Gasteiger charge is 2.37. The third-order valence-electron chi connectivity index (χ3n) is 3.42. The van der Waals surface area contributed by atoms with Gasteiger partial charge in [-0.1, -0.05) is 36.1 Å². The molecule has 0 spiro atoms. The number of carbonyl (C=O) groups is 2. The zero-order valence-corrected chi connectivity index (χ0v) is 15.6. The molecule has 1 aromatic rings. The van der Waals surface area contributed by atoms with Crippen LogP contribution in [0, 0.1) is 0 Å². The van der Waals surface area contributed by atoms with Crippen molar-refractivity contribution in [2.45, 2.75) is 12.5 Å². The molecule has 1 heterocycles. The first kappa shape index (κ1) is 18.8. The molecule has 5 nitrogen and oxygen atoms in total. The minimum atomic E-state index is -1.29. The molecule has 0 bridgehead atoms. The van der Waals surface area contributed by atoms with Gasteiger partial charge in [0.1, 0.15) is 10.1 Å². The Morgan fingerprint density at radius 3 is 2.67 bits per heavy atom. The molecule has 1 saturated heterocycles. The topological polar surface area (TPSA) is 69.7 Å². The van der Waals surface area contributed by atoms with Crippen molar-refractivity contribution < 1.29 is 19.4 Å². The summed E-state index contributed by atoms with van der Waals surface area (Å²) in [6.07, 6.45) is 3.87. The van der Waals surface area contributed by atoms with Crippen molar-refractivity contribution in [3.05, 3.63) is 34.7 Å². The summed E-state index contributed by atoms with van der Waals surface area (Å²) < 4.78 is 5.34. The molecule has 24 heavy (non-hydrogen) atoms. The predicted octanol–water partition coefficient (Wildman–Crippen LogP) is 1.77. The van der Waals surface area contributed by atoms with Gasteiger partial charge in [-0.15, -0.1) is 0 Å². The molecule has 1 aliphatic rings. The fourth-order valence-electron chi connectivity index (χ4n) is 2.18. The van der Waals surface area contributed by atoms with E-state index in [9.17, 15) is 14.7 Å². The van der Waals surface area contributed by atoms with Crippen LogP contribution in [0.1, 0.15) is 12.0 Å². The summed E-state index contributed by atoms with van der Waals surface area (Å²) >= 11 is 7.82. The van der Waals surface area contributed by atoms with Crippen molar-refractivity contribution in [3.8, 4) is 5.75 Å². The number of ether oxygens (including phenoxy) is 1. The molecule has 0 unspecified atom stereocenters. The highest BCUT2D eigenvalue weighted by Crippen LogP contribution is 2.34. The van der Waals surface area contributed by atoms with E-state index in [1.807, 2.05) is 18.4 Å². The van der Waals surface area contributed by atoms with Gasteiger partial charge >= 0.3 is 0 Å². The molecule has 0 aromatic heterocycles. The molecule has 128 valence electrons. The lowest BCUT2D eigenvalue weighted by atomic mass is 10.1. The minimum absolute atomic E-state index is 0.245. The number of methoxy groups -OCH3 is 1. The number of nitrogens with zero attached hydrogens (tertiary/aromatic N) is 1. The Morgan fingerprint density at radius 1 is 1.46 bits per heavy atom. The Balaban J connectivity index is 2.23. The number of thioether (sulfide) groups is 2. The van der Waals surface area contributed by atoms with Crippen molar-refractivity contribution in [1.82, 2.24) is 4.90 Å². The number of hydrogen-bond donors (Lipinski definition) is 0. The average Bonchev–Trinajstić information content (AvgIpc) is 2.83. The molecule has 0 saturated carbocycles. The molecule has 1 atom stereocenters. The second kappa shape index (κ2) is 8.55. The summed E-state index contributed by atoms with van der Waals surface area (Å²) in [5.41, 5.74) is 0.811. The second-order valence-corrected chi connectivity index (χ2v) is 7.60. The van der Waals surface area contributed by atoms with E-state index in [0.29, 0.717) is 22.8 Å². The third-order valence-corrected chi connectivity index (χ3v) is 5.39. The van der Waals surface area contributed by atoms with Crippen LogP contribution in [0.3, 0.4) is 0 Å². The monoisotopic (exact) mass is 382 g/mol. The van der Waals surface area contributed by atoms with E-state index in [-0.39, 0.29) is 4.32 Å². The highest BCUT2D eigenvalue weighted by atomic mass is 32.2. The fraction of sp³-hybridized carbons (Fsp3) is 0.312. The zero-order valence-electron chi connectivity index (χ0n) is 13.2. The molecule has 1 amide bonds. The maximum atomic E-state index is 12.6. The fourth-order valence-corrected chi connectivity index (χ4v) is 4.00. The van der Waals surface area contributed by atoms with Crippen LogP contribution in [0.25, 0.3) is 6.08 Å². The summed E-state index contributed by atoms with van der Waals surface area (Å²) in [7, 11) is 1.58. The molecule has 0 N–H and O–H groups in total. The van der Waals surface area contributed by atoms with Crippen LogP contribution in [0.4, 0.5) is 0 Å². The van der Waals surface area contributed by atoms with Gasteiger partial charge < -0.3 is 14.6 Å². The summed E-state index contributed by atoms with van der Waals surface area (Å²) in [5, 5.41) is 11.4. The van der Waals surface area contributed by atoms with Crippen molar-refractivity contribution in [1.29, 1.82) is 0 Å². The average molecular weight is 383 g/mol. The normalized spacial score (nSPS) is 17.4. The molecule has 0 aliphatic carbocycles. The SMILES string of the molecule is COc1ccc(/C=C2/SC(=S)N([C@@H](CCSC)C(=O)[O-])C2=O)cc1. The van der Waals surface area contributed by atoms with Crippen LogP contribution in [-0.2, 0) is 9.59 Å². The number of thiocarbonyl (C=S) groups is 1. The van der Waals surface area contributed by atoms with Crippen LogP contribution in [-0.4, -0.2) is 46.3 Å². The Kier molecular flexibility index (Phi) is 6.70. The standard InChI is InChI=1S/C16H17NO4S3/c1-21-11-5-3-10(4-6-11)9-13-14(18)17(16(22)24-13)12(15(19)20)7-8-23-2/h3-6,9,12H,7-8H2,1-2H3,(H,19,20)/p-1/b13-9+/t12-/m0/s1. The Morgan fingerprint density at radius 2 is 2.12 bits per heavy atom. The van der Waals surface area contributed by atoms with E-state index in [1.165, 1.54) is 11.8 Å². The first-order valence-corrected chi connectivity index (χ1v) is 9.70. The van der Waals surface area contributed by atoms with Crippen molar-refractivity contribution >= 4 is 58.0 Å². The summed E-state index contributed by atoms with van der Waals surface area (Å²) in [6.45, 7) is 0. The summed E-state index contributed by atoms with van der Waals surface area (Å²) in [4.78, 5) is 25.5. The number of hydrogen-bond acceptors (Lipinski definition) is 7. The van der Waals surface area contributed by atoms with E-state index in [4.69, 9.17) is 17.0 Å². The molecular weight excluding hydrogens is 366 g/mol. The quantitative estimate of drug-likeness (QED) is 0.526. The molecule has 1 aromatic carbocycles. The summed E-state index contributed by atoms with van der Waals surface area (Å²) in [6, 6.07) is 6.17. The first-order chi connectivity index (χ1) is 11.5. The molecule has 0 radical (unpaired) electrons. The van der Waals surface area contributed by atoms with Gasteiger partial charge in [-0.2, -0.15) is 11.8 Å². The molecule has 2 rings (SSSR count). The number of aliphatic carboxylic acids is 1. The predicted molar refractivity (Wildman–Crippen MR) is 99.8 cm³/mol. The van der Waals surface area contributed by atoms with Crippen molar-refractivity contribution in [2.75, 3.05) is 19.1 Å². The van der Waals surface area contributed by atoms with Crippen LogP contribution < -0.4 is 9.84 Å². The maximum absolute atomic E-state index is 12.6. The smallest absolute Gasteiger partial charge is 0.266 e. The Bertz CT molecular complexity index is 672. The molecule has 8 heteroatoms. The van der Waals surface area contributed by atoms with Gasteiger partial charge in [-0.05, 0) is 42.2 Å². The lowest BCUT2D eigenvalue weighted by molar-refractivity contribution is -0.310. The number of rotatable bonds is 7. The van der Waals surface area contributed by atoms with Crippen LogP contribution in [0.15, 0.2) is 29.2 Å². The molecular formula is C16H16NO4S3-. The van der Waals surface area contributed by atoms with Crippen LogP contribution >= 0.6 is 35.7 Å². The van der Waals surface area contributed by atoms with E-state index < -0.39 is 17.9 Å². The lowest BCUT2D eigenvalue weighted by Gasteiger charge is -2.27. The number of carboxylic acid groups (broad SMARTS) is 1. The molecule has 1 aliphatic heterocycles. The van der Waals surface area contributed by atoms with Gasteiger partial charge in [0, 0.05) is 0 Å². The first-order valence-electron chi connectivity index (χ1n) is 7.09. The van der Waals surface area contributed by atoms with Gasteiger partial charge in [0.25, 0.3) is 5.91 Å². The zero-order chi connectivity index (χ0) is 17.7. The number of benzene rings is 1. The number of carboxylic acids is 1. The molecule has 1 fully saturated rings. The van der Waals surface area contributed by atoms with E-state index in [1.54, 1.807) is 25.3 Å². The second-order valence-electron chi connectivity index (χ2n) is 4.94. The van der Waals surface area contributed by atoms with E-state index in [2.05, 4.69) is 0 Å². The van der Waals surface area contributed by atoms with Crippen LogP contribution in [0.5, 0.6) is 5.75 Å². The van der Waals surface area contributed by atoms with Gasteiger partial charge in [-0.3, -0.25) is 9.69 Å². The lowest BCUT2D eigenvalue weighted by Crippen LogP contribution is -2.50. The van der Waals surface area contributed by atoms with E-state index >= 15 is 0 Å². The van der Waals surface area contributed by atoms with Gasteiger partial charge in [0.05, 0.1) is 24.0 Å². The van der Waals surface area contributed by atoms with Crippen LogP contribution in [0.2, 0.25) is 0 Å². The largest absolute Gasteiger partial charge is 0.548 e. The third kappa shape index (κ3) is 4.31. The summed E-state index contributed by atoms with van der Waals surface area (Å²) in [5.74, 6) is -0.358. The number of amides is 1. The van der Waals surface area contributed by atoms with E-state index in [0.717, 1.165) is 22.2 Å². The van der Waals surface area contributed by atoms with Crippen molar-refractivity contribution in [3.63, 3.8) is 0 Å². The Labute approximate surface area is 154 Å². The minimum Gasteiger partial charge on any atom is -0.548 e. The Hall–Kier alpha value is -1.51. The maximum Gasteiger partial charge on any atom is 0.266 e. The highest BCUT2D eigenvalue weighted by molar-refractivity contribution is 8.26. The number of carbonyl (C=O) groups excluding carboxylic acids is 2. The van der Waals surface area contributed by atoms with Gasteiger partial charge in [0.15, 0.2) is 0 Å². The van der Waals surface area contributed by atoms with Gasteiger partial charge in [0.2, 0.25) is 0 Å². The van der Waals surface area contributed by atoms with Gasteiger partial charge in [-0.25, -0.2) is 0 Å².